The van der Waals surface area contributed by atoms with Crippen molar-refractivity contribution in [2.75, 3.05) is 12.9 Å². The van der Waals surface area contributed by atoms with Gasteiger partial charge in [-0.3, -0.25) is 14.2 Å². The maximum absolute atomic E-state index is 12.2. The van der Waals surface area contributed by atoms with E-state index in [-0.39, 0.29) is 13.0 Å². The molecule has 2 heterocycles. The summed E-state index contributed by atoms with van der Waals surface area (Å²) < 4.78 is 18.1. The summed E-state index contributed by atoms with van der Waals surface area (Å²) in [6.45, 7) is 2.53. The Balaban J connectivity index is 2.22. The van der Waals surface area contributed by atoms with Gasteiger partial charge in [0.05, 0.1) is 3.57 Å². The lowest BCUT2D eigenvalue weighted by Gasteiger charge is -2.17. The van der Waals surface area contributed by atoms with Crippen molar-refractivity contribution in [1.29, 1.82) is 0 Å². The quantitative estimate of drug-likeness (QED) is 0.277. The van der Waals surface area contributed by atoms with Crippen molar-refractivity contribution in [2.45, 2.75) is 43.7 Å². The molecule has 132 valence electrons. The number of carbonyl (C=O) groups is 2. The number of hydrogen-bond acceptors (Lipinski definition) is 8. The van der Waals surface area contributed by atoms with Crippen molar-refractivity contribution in [3.05, 3.63) is 20.3 Å². The van der Waals surface area contributed by atoms with E-state index in [1.54, 1.807) is 6.20 Å². The van der Waals surface area contributed by atoms with Crippen LogP contribution in [0.3, 0.4) is 0 Å². The number of ether oxygens (including phenoxy) is 3. The first-order valence-electron chi connectivity index (χ1n) is 7.10. The summed E-state index contributed by atoms with van der Waals surface area (Å²) in [5.74, 6) is -0.920. The number of halogens is 1. The molecule has 0 amide bonds. The summed E-state index contributed by atoms with van der Waals surface area (Å²) in [7, 11) is 0. The molecule has 8 nitrogen and oxygen atoms in total. The highest BCUT2D eigenvalue weighted by molar-refractivity contribution is 14.1. The average Bonchev–Trinajstić information content (AvgIpc) is 2.88. The fraction of sp³-hybridized carbons (Fsp3) is 0.571. The summed E-state index contributed by atoms with van der Waals surface area (Å²) in [4.78, 5) is 38.5. The van der Waals surface area contributed by atoms with Gasteiger partial charge in [0.1, 0.15) is 30.1 Å². The van der Waals surface area contributed by atoms with Crippen LogP contribution in [0.1, 0.15) is 26.5 Å². The molecule has 0 spiro atoms. The number of hydrogen-bond donors (Lipinski definition) is 0. The van der Waals surface area contributed by atoms with Crippen LogP contribution < -0.4 is 5.69 Å². The Morgan fingerprint density at radius 3 is 2.75 bits per heavy atom. The molecule has 1 aromatic heterocycles. The number of carbonyl (C=O) groups excluding carboxylic acids is 2. The fourth-order valence-corrected chi connectivity index (χ4v) is 3.84. The summed E-state index contributed by atoms with van der Waals surface area (Å²) in [5.41, 5.74) is -0.445. The Hall–Kier alpha value is -1.14. The van der Waals surface area contributed by atoms with Crippen LogP contribution in [0.2, 0.25) is 0 Å². The molecule has 0 N–H and O–H groups in total. The number of nitrogens with zero attached hydrogens (tertiary/aromatic N) is 2. The molecule has 0 unspecified atom stereocenters. The molecule has 0 radical (unpaired) electrons. The minimum Gasteiger partial charge on any atom is -0.463 e. The largest absolute Gasteiger partial charge is 0.463 e. The van der Waals surface area contributed by atoms with Crippen molar-refractivity contribution >= 4 is 46.3 Å². The average molecular weight is 468 g/mol. The van der Waals surface area contributed by atoms with Crippen molar-refractivity contribution in [2.24, 2.45) is 0 Å². The van der Waals surface area contributed by atoms with Gasteiger partial charge in [-0.2, -0.15) is 4.98 Å². The third kappa shape index (κ3) is 4.70. The Morgan fingerprint density at radius 1 is 1.46 bits per heavy atom. The Kier molecular flexibility index (Phi) is 6.63. The van der Waals surface area contributed by atoms with E-state index in [4.69, 9.17) is 14.2 Å². The molecule has 24 heavy (non-hydrogen) atoms. The summed E-state index contributed by atoms with van der Waals surface area (Å²) in [6, 6.07) is 0. The van der Waals surface area contributed by atoms with Gasteiger partial charge in [0, 0.05) is 26.5 Å². The summed E-state index contributed by atoms with van der Waals surface area (Å²) >= 11 is 3.47. The molecule has 0 aliphatic carbocycles. The molecule has 10 heteroatoms. The maximum Gasteiger partial charge on any atom is 0.350 e. The van der Waals surface area contributed by atoms with Gasteiger partial charge in [-0.15, -0.1) is 11.8 Å². The molecule has 0 bridgehead atoms. The lowest BCUT2D eigenvalue weighted by atomic mass is 10.2. The van der Waals surface area contributed by atoms with E-state index in [9.17, 15) is 14.4 Å². The highest BCUT2D eigenvalue weighted by Crippen LogP contribution is 2.31. The molecule has 2 rings (SSSR count). The minimum absolute atomic E-state index is 0.0497. The lowest BCUT2D eigenvalue weighted by Crippen LogP contribution is -2.31. The normalized spacial score (nSPS) is 23.1. The van der Waals surface area contributed by atoms with Crippen LogP contribution in [0, 0.1) is 3.57 Å². The SMILES string of the molecule is CSc1nc(=O)n([C@H]2C[C@H](OC(C)=O)[C@@H](COC(C)=O)O2)cc1I. The predicted molar refractivity (Wildman–Crippen MR) is 93.7 cm³/mol. The number of thioether (sulfide) groups is 1. The zero-order chi connectivity index (χ0) is 17.9. The number of aromatic nitrogens is 2. The van der Waals surface area contributed by atoms with Crippen molar-refractivity contribution < 1.29 is 23.8 Å². The molecule has 1 aliphatic rings. The van der Waals surface area contributed by atoms with Gasteiger partial charge in [0.25, 0.3) is 0 Å². The van der Waals surface area contributed by atoms with Crippen LogP contribution >= 0.6 is 34.4 Å². The van der Waals surface area contributed by atoms with Gasteiger partial charge in [-0.05, 0) is 28.8 Å². The van der Waals surface area contributed by atoms with E-state index in [2.05, 4.69) is 27.6 Å². The third-order valence-electron chi connectivity index (χ3n) is 3.33. The van der Waals surface area contributed by atoms with Gasteiger partial charge in [0.15, 0.2) is 0 Å². The Labute approximate surface area is 156 Å². The van der Waals surface area contributed by atoms with E-state index in [0.717, 1.165) is 3.57 Å². The molecular weight excluding hydrogens is 451 g/mol. The monoisotopic (exact) mass is 468 g/mol. The van der Waals surface area contributed by atoms with Gasteiger partial charge < -0.3 is 14.2 Å². The van der Waals surface area contributed by atoms with Gasteiger partial charge in [-0.25, -0.2) is 4.79 Å². The molecule has 1 aliphatic heterocycles. The van der Waals surface area contributed by atoms with Crippen LogP contribution in [0.15, 0.2) is 16.0 Å². The van der Waals surface area contributed by atoms with Crippen LogP contribution in [0.5, 0.6) is 0 Å². The van der Waals surface area contributed by atoms with Crippen LogP contribution in [0.4, 0.5) is 0 Å². The molecule has 1 fully saturated rings. The van der Waals surface area contributed by atoms with E-state index in [1.165, 1.54) is 30.2 Å². The second-order valence-electron chi connectivity index (χ2n) is 5.10. The molecule has 1 saturated heterocycles. The van der Waals surface area contributed by atoms with Gasteiger partial charge in [-0.1, -0.05) is 0 Å². The molecular formula is C14H17IN2O6S. The highest BCUT2D eigenvalue weighted by atomic mass is 127. The van der Waals surface area contributed by atoms with E-state index < -0.39 is 36.1 Å². The predicted octanol–water partition coefficient (Wildman–Crippen LogP) is 1.35. The minimum atomic E-state index is -0.640. The second-order valence-corrected chi connectivity index (χ2v) is 7.06. The molecule has 3 atom stereocenters. The Bertz CT molecular complexity index is 694. The van der Waals surface area contributed by atoms with Crippen LogP contribution in [-0.2, 0) is 23.8 Å². The topological polar surface area (TPSA) is 96.7 Å². The zero-order valence-corrected chi connectivity index (χ0v) is 16.3. The molecule has 0 aromatic carbocycles. The smallest absolute Gasteiger partial charge is 0.350 e. The lowest BCUT2D eigenvalue weighted by molar-refractivity contribution is -0.155. The van der Waals surface area contributed by atoms with Crippen molar-refractivity contribution in [3.63, 3.8) is 0 Å². The van der Waals surface area contributed by atoms with Crippen LogP contribution in [0.25, 0.3) is 0 Å². The summed E-state index contributed by atoms with van der Waals surface area (Å²) in [5, 5.41) is 0.642. The third-order valence-corrected chi connectivity index (χ3v) is 5.18. The summed E-state index contributed by atoms with van der Waals surface area (Å²) in [6.07, 6.45) is 1.91. The second kappa shape index (κ2) is 8.30. The first-order valence-corrected chi connectivity index (χ1v) is 9.41. The van der Waals surface area contributed by atoms with E-state index in [1.807, 2.05) is 6.26 Å². The van der Waals surface area contributed by atoms with Crippen LogP contribution in [-0.4, -0.2) is 46.6 Å². The number of esters is 2. The molecule has 1 aromatic rings. The fourth-order valence-electron chi connectivity index (χ4n) is 2.34. The highest BCUT2D eigenvalue weighted by Gasteiger charge is 2.39. The first-order chi connectivity index (χ1) is 11.3. The van der Waals surface area contributed by atoms with E-state index >= 15 is 0 Å². The maximum atomic E-state index is 12.2. The number of rotatable bonds is 5. The zero-order valence-electron chi connectivity index (χ0n) is 13.4. The van der Waals surface area contributed by atoms with E-state index in [0.29, 0.717) is 5.03 Å². The Morgan fingerprint density at radius 2 is 2.17 bits per heavy atom. The van der Waals surface area contributed by atoms with Crippen molar-refractivity contribution in [3.8, 4) is 0 Å². The molecule has 0 saturated carbocycles. The van der Waals surface area contributed by atoms with Crippen molar-refractivity contribution in [1.82, 2.24) is 9.55 Å². The van der Waals surface area contributed by atoms with Gasteiger partial charge in [0.2, 0.25) is 0 Å². The standard InChI is InChI=1S/C14H17IN2O6S/c1-7(18)21-6-11-10(22-8(2)19)4-12(23-11)17-5-9(15)13(24-3)16-14(17)20/h5,10-12H,4,6H2,1-3H3/t10-,11+,12+/m0/s1. The van der Waals surface area contributed by atoms with Gasteiger partial charge >= 0.3 is 17.6 Å². The first kappa shape index (κ1) is 19.2.